The molecule has 0 aliphatic carbocycles. The summed E-state index contributed by atoms with van der Waals surface area (Å²) in [6.07, 6.45) is -0.922. The van der Waals surface area contributed by atoms with Crippen molar-refractivity contribution < 1.29 is 38.5 Å². The zero-order chi connectivity index (χ0) is 22.8. The summed E-state index contributed by atoms with van der Waals surface area (Å²) in [6, 6.07) is 2.83. The van der Waals surface area contributed by atoms with Gasteiger partial charge >= 0.3 is 17.9 Å². The van der Waals surface area contributed by atoms with E-state index in [0.717, 1.165) is 0 Å². The van der Waals surface area contributed by atoms with Gasteiger partial charge in [-0.25, -0.2) is 4.79 Å². The number of carbonyl (C=O) groups excluding carboxylic acids is 3. The molecule has 1 N–H and O–H groups in total. The summed E-state index contributed by atoms with van der Waals surface area (Å²) in [5.74, 6) is -2.82. The topological polar surface area (TPSA) is 116 Å². The minimum Gasteiger partial charge on any atom is -0.481 e. The molecule has 0 spiro atoms. The van der Waals surface area contributed by atoms with Crippen LogP contribution in [-0.4, -0.2) is 48.1 Å². The first-order valence-electron chi connectivity index (χ1n) is 8.96. The maximum atomic E-state index is 12.2. The van der Waals surface area contributed by atoms with Gasteiger partial charge in [-0.1, -0.05) is 36.7 Å². The number of hydrogen-bond acceptors (Lipinski definition) is 7. The number of carboxylic acids is 1. The Kier molecular flexibility index (Phi) is 10.3. The third-order valence-corrected chi connectivity index (χ3v) is 4.60. The van der Waals surface area contributed by atoms with Crippen LogP contribution >= 0.6 is 23.2 Å². The van der Waals surface area contributed by atoms with Crippen molar-refractivity contribution in [3.05, 3.63) is 39.9 Å². The number of ether oxygens (including phenoxy) is 3. The molecule has 0 aromatic heterocycles. The molecule has 0 saturated heterocycles. The molecular formula is C20H22Cl2O8. The summed E-state index contributed by atoms with van der Waals surface area (Å²) in [5, 5.41) is 8.47. The Balaban J connectivity index is 2.54. The number of ketones is 1. The van der Waals surface area contributed by atoms with E-state index in [0.29, 0.717) is 12.0 Å². The number of esters is 2. The van der Waals surface area contributed by atoms with Crippen LogP contribution in [0.4, 0.5) is 0 Å². The van der Waals surface area contributed by atoms with E-state index in [-0.39, 0.29) is 46.6 Å². The highest BCUT2D eigenvalue weighted by atomic mass is 35.5. The lowest BCUT2D eigenvalue weighted by atomic mass is 10.0. The molecule has 10 heteroatoms. The van der Waals surface area contributed by atoms with Crippen molar-refractivity contribution in [3.8, 4) is 5.75 Å². The molecule has 0 aliphatic heterocycles. The van der Waals surface area contributed by atoms with Crippen LogP contribution in [0.5, 0.6) is 5.75 Å². The normalized spacial score (nSPS) is 11.3. The van der Waals surface area contributed by atoms with Crippen LogP contribution in [0.2, 0.25) is 10.0 Å². The van der Waals surface area contributed by atoms with Gasteiger partial charge in [-0.15, -0.1) is 0 Å². The second-order valence-corrected chi connectivity index (χ2v) is 6.95. The fourth-order valence-corrected chi connectivity index (χ4v) is 2.55. The average Bonchev–Trinajstić information content (AvgIpc) is 2.70. The molecule has 0 saturated carbocycles. The number of hydrogen-bond donors (Lipinski definition) is 1. The lowest BCUT2D eigenvalue weighted by molar-refractivity contribution is -0.159. The average molecular weight is 461 g/mol. The summed E-state index contributed by atoms with van der Waals surface area (Å²) in [5.41, 5.74) is 0.560. The minimum atomic E-state index is -1.12. The van der Waals surface area contributed by atoms with Crippen molar-refractivity contribution in [3.63, 3.8) is 0 Å². The molecule has 0 bridgehead atoms. The fraction of sp³-hybridized carbons (Fsp3) is 0.400. The second-order valence-electron chi connectivity index (χ2n) is 6.19. The summed E-state index contributed by atoms with van der Waals surface area (Å²) in [6.45, 7) is 6.22. The van der Waals surface area contributed by atoms with E-state index in [1.54, 1.807) is 6.92 Å². The van der Waals surface area contributed by atoms with Crippen molar-refractivity contribution in [1.82, 2.24) is 0 Å². The summed E-state index contributed by atoms with van der Waals surface area (Å²) in [7, 11) is 0. The maximum absolute atomic E-state index is 12.2. The molecule has 0 radical (unpaired) electrons. The molecule has 0 fully saturated rings. The zero-order valence-electron chi connectivity index (χ0n) is 16.5. The Bertz CT molecular complexity index is 834. The highest BCUT2D eigenvalue weighted by Crippen LogP contribution is 2.35. The molecule has 0 aliphatic rings. The number of rotatable bonds is 12. The van der Waals surface area contributed by atoms with E-state index in [1.165, 1.54) is 19.1 Å². The molecule has 1 aromatic rings. The number of benzene rings is 1. The van der Waals surface area contributed by atoms with Gasteiger partial charge in [-0.2, -0.15) is 0 Å². The quantitative estimate of drug-likeness (QED) is 0.283. The van der Waals surface area contributed by atoms with Crippen LogP contribution in [0.25, 0.3) is 0 Å². The van der Waals surface area contributed by atoms with Gasteiger partial charge in [0.05, 0.1) is 17.9 Å². The first-order chi connectivity index (χ1) is 14.1. The van der Waals surface area contributed by atoms with Crippen LogP contribution in [0.15, 0.2) is 24.3 Å². The maximum Gasteiger partial charge on any atom is 0.344 e. The van der Waals surface area contributed by atoms with E-state index in [2.05, 4.69) is 6.58 Å². The Morgan fingerprint density at radius 2 is 1.77 bits per heavy atom. The van der Waals surface area contributed by atoms with Crippen LogP contribution in [-0.2, 0) is 23.9 Å². The number of allylic oxidation sites excluding steroid dienone is 1. The largest absolute Gasteiger partial charge is 0.481 e. The minimum absolute atomic E-state index is 0.0102. The van der Waals surface area contributed by atoms with Crippen molar-refractivity contribution >= 4 is 46.9 Å². The van der Waals surface area contributed by atoms with E-state index in [9.17, 15) is 19.2 Å². The van der Waals surface area contributed by atoms with Crippen LogP contribution in [0.3, 0.4) is 0 Å². The highest BCUT2D eigenvalue weighted by molar-refractivity contribution is 6.45. The Morgan fingerprint density at radius 3 is 2.37 bits per heavy atom. The van der Waals surface area contributed by atoms with Gasteiger partial charge in [-0.05, 0) is 31.1 Å². The molecule has 1 unspecified atom stereocenters. The molecule has 8 nitrogen and oxygen atoms in total. The second kappa shape index (κ2) is 12.2. The summed E-state index contributed by atoms with van der Waals surface area (Å²) < 4.78 is 15.1. The molecule has 1 rings (SSSR count). The number of halogens is 2. The van der Waals surface area contributed by atoms with Gasteiger partial charge < -0.3 is 19.3 Å². The summed E-state index contributed by atoms with van der Waals surface area (Å²) >= 11 is 12.3. The summed E-state index contributed by atoms with van der Waals surface area (Å²) in [4.78, 5) is 45.8. The number of Topliss-reactive ketones (excluding diaryl/α,β-unsaturated/α-hetero) is 1. The van der Waals surface area contributed by atoms with Gasteiger partial charge in [0, 0.05) is 5.56 Å². The Labute approximate surface area is 183 Å². The molecule has 1 aromatic carbocycles. The number of carbonyl (C=O) groups is 4. The lowest BCUT2D eigenvalue weighted by Gasteiger charge is -2.14. The van der Waals surface area contributed by atoms with Gasteiger partial charge in [0.2, 0.25) is 0 Å². The predicted molar refractivity (Wildman–Crippen MR) is 109 cm³/mol. The zero-order valence-corrected chi connectivity index (χ0v) is 18.0. The van der Waals surface area contributed by atoms with E-state index >= 15 is 0 Å². The van der Waals surface area contributed by atoms with Gasteiger partial charge in [0.25, 0.3) is 0 Å². The standard InChI is InChI=1S/C20H22Cl2O8/c1-4-11(2)20(27)13-5-6-14(19(22)18(13)21)28-10-17(26)29-9-12(3)30-16(25)8-7-15(23)24/h5-6,12H,2,4,7-10H2,1,3H3,(H,23,24). The fourth-order valence-electron chi connectivity index (χ4n) is 2.08. The van der Waals surface area contributed by atoms with E-state index < -0.39 is 30.6 Å². The Morgan fingerprint density at radius 1 is 1.10 bits per heavy atom. The monoisotopic (exact) mass is 460 g/mol. The lowest BCUT2D eigenvalue weighted by Crippen LogP contribution is -2.25. The predicted octanol–water partition coefficient (Wildman–Crippen LogP) is 3.86. The van der Waals surface area contributed by atoms with Crippen LogP contribution in [0.1, 0.15) is 43.5 Å². The highest BCUT2D eigenvalue weighted by Gasteiger charge is 2.19. The van der Waals surface area contributed by atoms with Gasteiger partial charge in [0.1, 0.15) is 23.5 Å². The van der Waals surface area contributed by atoms with Crippen molar-refractivity contribution in [2.24, 2.45) is 0 Å². The molecule has 30 heavy (non-hydrogen) atoms. The first kappa shape index (κ1) is 25.5. The molecule has 164 valence electrons. The molecule has 1 atom stereocenters. The third kappa shape index (κ3) is 8.04. The van der Waals surface area contributed by atoms with Crippen molar-refractivity contribution in [2.75, 3.05) is 13.2 Å². The number of aliphatic carboxylic acids is 1. The van der Waals surface area contributed by atoms with E-state index in [1.807, 2.05) is 0 Å². The SMILES string of the molecule is C=C(CC)C(=O)c1ccc(OCC(=O)OCC(C)OC(=O)CCC(=O)O)c(Cl)c1Cl. The first-order valence-corrected chi connectivity index (χ1v) is 9.72. The van der Waals surface area contributed by atoms with Gasteiger partial charge in [0.15, 0.2) is 12.4 Å². The van der Waals surface area contributed by atoms with Gasteiger partial charge in [-0.3, -0.25) is 14.4 Å². The molecule has 0 amide bonds. The van der Waals surface area contributed by atoms with Crippen LogP contribution < -0.4 is 4.74 Å². The van der Waals surface area contributed by atoms with Crippen molar-refractivity contribution in [2.45, 2.75) is 39.2 Å². The Hall–Kier alpha value is -2.58. The van der Waals surface area contributed by atoms with E-state index in [4.69, 9.17) is 42.5 Å². The van der Waals surface area contributed by atoms with Crippen LogP contribution in [0, 0.1) is 0 Å². The molecule has 0 heterocycles. The third-order valence-electron chi connectivity index (χ3n) is 3.74. The molecular weight excluding hydrogens is 439 g/mol. The van der Waals surface area contributed by atoms with Crippen molar-refractivity contribution in [1.29, 1.82) is 0 Å². The number of carboxylic acid groups (broad SMARTS) is 1. The smallest absolute Gasteiger partial charge is 0.344 e.